The molecular weight excluding hydrogens is 290 g/mol. The molecule has 0 saturated carbocycles. The molecule has 1 aliphatic carbocycles. The number of hydrogen-bond acceptors (Lipinski definition) is 4. The van der Waals surface area contributed by atoms with Crippen LogP contribution in [0.5, 0.6) is 0 Å². The standard InChI is InChI=1S/C15H19NO4S/c17-15(18)12-6-8-16(9-7-12)21(19,20)14-5-4-11-2-1-3-13(11)10-14/h4-5,10,12H,1-3,6-9H2,(H,17,18)/p-1. The van der Waals surface area contributed by atoms with E-state index in [1.54, 1.807) is 12.1 Å². The van der Waals surface area contributed by atoms with Crippen molar-refractivity contribution >= 4 is 16.0 Å². The third-order valence-corrected chi connectivity index (χ3v) is 6.39. The van der Waals surface area contributed by atoms with Crippen LogP contribution in [0.3, 0.4) is 0 Å². The number of sulfonamides is 1. The Bertz CT molecular complexity index is 660. The zero-order chi connectivity index (χ0) is 15.0. The van der Waals surface area contributed by atoms with Gasteiger partial charge in [-0.2, -0.15) is 4.31 Å². The van der Waals surface area contributed by atoms with E-state index < -0.39 is 21.9 Å². The van der Waals surface area contributed by atoms with Gasteiger partial charge >= 0.3 is 0 Å². The summed E-state index contributed by atoms with van der Waals surface area (Å²) >= 11 is 0. The minimum Gasteiger partial charge on any atom is -0.550 e. The number of aliphatic carboxylic acids is 1. The number of aryl methyl sites for hydroxylation is 2. The van der Waals surface area contributed by atoms with Crippen LogP contribution >= 0.6 is 0 Å². The highest BCUT2D eigenvalue weighted by molar-refractivity contribution is 7.89. The van der Waals surface area contributed by atoms with Gasteiger partial charge in [0.05, 0.1) is 4.90 Å². The first-order chi connectivity index (χ1) is 9.98. The first kappa shape index (κ1) is 14.5. The van der Waals surface area contributed by atoms with Gasteiger partial charge in [-0.25, -0.2) is 8.42 Å². The molecule has 0 amide bonds. The summed E-state index contributed by atoms with van der Waals surface area (Å²) in [7, 11) is -3.51. The zero-order valence-electron chi connectivity index (χ0n) is 11.7. The molecule has 1 fully saturated rings. The van der Waals surface area contributed by atoms with Gasteiger partial charge < -0.3 is 9.90 Å². The molecule has 2 aliphatic rings. The number of benzene rings is 1. The molecule has 0 aromatic heterocycles. The molecule has 0 bridgehead atoms. The first-order valence-electron chi connectivity index (χ1n) is 7.31. The Labute approximate surface area is 124 Å². The van der Waals surface area contributed by atoms with Crippen molar-refractivity contribution in [2.45, 2.75) is 37.0 Å². The third kappa shape index (κ3) is 2.70. The Morgan fingerprint density at radius 2 is 1.81 bits per heavy atom. The van der Waals surface area contributed by atoms with E-state index in [1.807, 2.05) is 6.07 Å². The maximum absolute atomic E-state index is 12.6. The van der Waals surface area contributed by atoms with Crippen LogP contribution in [0.1, 0.15) is 30.4 Å². The van der Waals surface area contributed by atoms with Crippen LogP contribution in [0.15, 0.2) is 23.1 Å². The molecule has 0 unspecified atom stereocenters. The second-order valence-corrected chi connectivity index (χ2v) is 7.72. The number of hydrogen-bond donors (Lipinski definition) is 0. The van der Waals surface area contributed by atoms with Crippen molar-refractivity contribution in [3.05, 3.63) is 29.3 Å². The number of carbonyl (C=O) groups excluding carboxylic acids is 1. The van der Waals surface area contributed by atoms with Gasteiger partial charge in [-0.3, -0.25) is 0 Å². The first-order valence-corrected chi connectivity index (χ1v) is 8.75. The summed E-state index contributed by atoms with van der Waals surface area (Å²) in [6.07, 6.45) is 3.69. The van der Waals surface area contributed by atoms with Crippen molar-refractivity contribution in [3.8, 4) is 0 Å². The molecule has 1 heterocycles. The Morgan fingerprint density at radius 3 is 2.48 bits per heavy atom. The molecule has 5 nitrogen and oxygen atoms in total. The lowest BCUT2D eigenvalue weighted by atomic mass is 9.99. The average molecular weight is 308 g/mol. The minimum atomic E-state index is -3.51. The highest BCUT2D eigenvalue weighted by Crippen LogP contribution is 2.28. The smallest absolute Gasteiger partial charge is 0.243 e. The zero-order valence-corrected chi connectivity index (χ0v) is 12.6. The van der Waals surface area contributed by atoms with Gasteiger partial charge in [0.2, 0.25) is 10.0 Å². The predicted octanol–water partition coefficient (Wildman–Crippen LogP) is 0.326. The van der Waals surface area contributed by atoms with Crippen LogP contribution in [-0.4, -0.2) is 31.8 Å². The van der Waals surface area contributed by atoms with E-state index in [0.29, 0.717) is 17.7 Å². The lowest BCUT2D eigenvalue weighted by Gasteiger charge is -2.31. The van der Waals surface area contributed by atoms with Crippen LogP contribution in [0, 0.1) is 5.92 Å². The van der Waals surface area contributed by atoms with E-state index in [1.165, 1.54) is 9.87 Å². The molecule has 0 radical (unpaired) electrons. The Balaban J connectivity index is 1.80. The molecule has 6 heteroatoms. The van der Waals surface area contributed by atoms with Gasteiger partial charge in [-0.1, -0.05) is 6.07 Å². The van der Waals surface area contributed by atoms with Gasteiger partial charge in [-0.15, -0.1) is 0 Å². The highest BCUT2D eigenvalue weighted by Gasteiger charge is 2.30. The molecule has 114 valence electrons. The average Bonchev–Trinajstić information content (AvgIpc) is 2.94. The number of carbonyl (C=O) groups is 1. The van der Waals surface area contributed by atoms with Crippen molar-refractivity contribution in [3.63, 3.8) is 0 Å². The van der Waals surface area contributed by atoms with Gasteiger partial charge in [0, 0.05) is 25.0 Å². The number of rotatable bonds is 3. The topological polar surface area (TPSA) is 77.5 Å². The maximum Gasteiger partial charge on any atom is 0.243 e. The van der Waals surface area contributed by atoms with Gasteiger partial charge in [0.15, 0.2) is 0 Å². The molecule has 1 saturated heterocycles. The largest absolute Gasteiger partial charge is 0.550 e. The van der Waals surface area contributed by atoms with Gasteiger partial charge in [0.1, 0.15) is 0 Å². The molecule has 1 aromatic rings. The second kappa shape index (κ2) is 5.42. The van der Waals surface area contributed by atoms with Crippen molar-refractivity contribution in [2.75, 3.05) is 13.1 Å². The van der Waals surface area contributed by atoms with E-state index in [9.17, 15) is 18.3 Å². The summed E-state index contributed by atoms with van der Waals surface area (Å²) in [5.41, 5.74) is 2.37. The number of piperidine rings is 1. The number of carboxylic acid groups (broad SMARTS) is 1. The molecule has 21 heavy (non-hydrogen) atoms. The SMILES string of the molecule is O=C([O-])C1CCN(S(=O)(=O)c2ccc3c(c2)CCC3)CC1. The Hall–Kier alpha value is -1.40. The lowest BCUT2D eigenvalue weighted by Crippen LogP contribution is -2.43. The lowest BCUT2D eigenvalue weighted by molar-refractivity contribution is -0.312. The van der Waals surface area contributed by atoms with Crippen LogP contribution in [0.4, 0.5) is 0 Å². The van der Waals surface area contributed by atoms with E-state index >= 15 is 0 Å². The fraction of sp³-hybridized carbons (Fsp3) is 0.533. The Morgan fingerprint density at radius 1 is 1.14 bits per heavy atom. The summed E-state index contributed by atoms with van der Waals surface area (Å²) in [4.78, 5) is 11.2. The van der Waals surface area contributed by atoms with Crippen LogP contribution in [0.25, 0.3) is 0 Å². The molecule has 0 atom stereocenters. The van der Waals surface area contributed by atoms with E-state index in [-0.39, 0.29) is 13.1 Å². The van der Waals surface area contributed by atoms with E-state index in [4.69, 9.17) is 0 Å². The van der Waals surface area contributed by atoms with Crippen molar-refractivity contribution in [2.24, 2.45) is 5.92 Å². The maximum atomic E-state index is 12.6. The highest BCUT2D eigenvalue weighted by atomic mass is 32.2. The third-order valence-electron chi connectivity index (χ3n) is 4.49. The Kier molecular flexibility index (Phi) is 3.75. The minimum absolute atomic E-state index is 0.248. The fourth-order valence-electron chi connectivity index (χ4n) is 3.19. The number of carboxylic acids is 1. The summed E-state index contributed by atoms with van der Waals surface area (Å²) in [5, 5.41) is 10.8. The molecule has 0 N–H and O–H groups in total. The molecule has 1 aliphatic heterocycles. The normalized spacial score (nSPS) is 20.4. The predicted molar refractivity (Wildman–Crippen MR) is 75.0 cm³/mol. The molecular formula is C15H18NO4S-. The molecule has 0 spiro atoms. The van der Waals surface area contributed by atoms with Crippen LogP contribution < -0.4 is 5.11 Å². The monoisotopic (exact) mass is 308 g/mol. The van der Waals surface area contributed by atoms with Gasteiger partial charge in [-0.05, 0) is 55.4 Å². The summed E-state index contributed by atoms with van der Waals surface area (Å²) in [5.74, 6) is -1.61. The van der Waals surface area contributed by atoms with Gasteiger partial charge in [0.25, 0.3) is 0 Å². The number of fused-ring (bicyclic) bond motifs is 1. The van der Waals surface area contributed by atoms with Crippen molar-refractivity contribution in [1.82, 2.24) is 4.31 Å². The number of nitrogens with zero attached hydrogens (tertiary/aromatic N) is 1. The van der Waals surface area contributed by atoms with Crippen LogP contribution in [0.2, 0.25) is 0 Å². The molecule has 1 aromatic carbocycles. The summed E-state index contributed by atoms with van der Waals surface area (Å²) in [6, 6.07) is 5.36. The van der Waals surface area contributed by atoms with Crippen molar-refractivity contribution < 1.29 is 18.3 Å². The molecule has 3 rings (SSSR count). The quantitative estimate of drug-likeness (QED) is 0.806. The fourth-order valence-corrected chi connectivity index (χ4v) is 4.71. The summed E-state index contributed by atoms with van der Waals surface area (Å²) < 4.78 is 26.6. The van der Waals surface area contributed by atoms with Crippen LogP contribution in [-0.2, 0) is 27.7 Å². The van der Waals surface area contributed by atoms with Crippen molar-refractivity contribution in [1.29, 1.82) is 0 Å². The summed E-state index contributed by atoms with van der Waals surface area (Å²) in [6.45, 7) is 0.496. The van der Waals surface area contributed by atoms with E-state index in [2.05, 4.69) is 0 Å². The second-order valence-electron chi connectivity index (χ2n) is 5.78. The van der Waals surface area contributed by atoms with E-state index in [0.717, 1.165) is 24.8 Å².